The summed E-state index contributed by atoms with van der Waals surface area (Å²) in [6, 6.07) is 3.47. The molecule has 1 amide bonds. The number of nitrogen functional groups attached to an aromatic ring is 1. The predicted octanol–water partition coefficient (Wildman–Crippen LogP) is 0.0726. The molecular weight excluding hydrogens is 230 g/mol. The Morgan fingerprint density at radius 2 is 2.39 bits per heavy atom. The highest BCUT2D eigenvalue weighted by Crippen LogP contribution is 2.08. The number of pyridine rings is 1. The van der Waals surface area contributed by atoms with Gasteiger partial charge in [0.25, 0.3) is 0 Å². The first-order valence-corrected chi connectivity index (χ1v) is 5.72. The topological polar surface area (TPSA) is 104 Å². The molecule has 6 nitrogen and oxygen atoms in total. The van der Waals surface area contributed by atoms with Crippen molar-refractivity contribution in [3.8, 4) is 0 Å². The van der Waals surface area contributed by atoms with Crippen LogP contribution in [-0.4, -0.2) is 29.5 Å². The van der Waals surface area contributed by atoms with E-state index in [2.05, 4.69) is 15.3 Å². The number of rotatable bonds is 4. The van der Waals surface area contributed by atoms with Gasteiger partial charge < -0.3 is 11.1 Å². The molecule has 2 heterocycles. The molecule has 0 radical (unpaired) electrons. The summed E-state index contributed by atoms with van der Waals surface area (Å²) in [5, 5.41) is 10.1. The SMILES string of the molecule is N=C(N)c1ccc(CNC(=O)C2CC=NC2)cn1. The lowest BCUT2D eigenvalue weighted by atomic mass is 10.1. The lowest BCUT2D eigenvalue weighted by Crippen LogP contribution is -2.30. The van der Waals surface area contributed by atoms with Crippen LogP contribution in [0.25, 0.3) is 0 Å². The van der Waals surface area contributed by atoms with Crippen LogP contribution in [0.5, 0.6) is 0 Å². The van der Waals surface area contributed by atoms with Crippen molar-refractivity contribution < 1.29 is 4.79 Å². The quantitative estimate of drug-likeness (QED) is 0.516. The summed E-state index contributed by atoms with van der Waals surface area (Å²) >= 11 is 0. The summed E-state index contributed by atoms with van der Waals surface area (Å²) in [6.45, 7) is 1.01. The van der Waals surface area contributed by atoms with Gasteiger partial charge in [0.2, 0.25) is 5.91 Å². The van der Waals surface area contributed by atoms with Gasteiger partial charge in [-0.3, -0.25) is 20.2 Å². The molecule has 1 atom stereocenters. The van der Waals surface area contributed by atoms with E-state index >= 15 is 0 Å². The number of hydrogen-bond donors (Lipinski definition) is 3. The Morgan fingerprint density at radius 1 is 1.56 bits per heavy atom. The van der Waals surface area contributed by atoms with Crippen LogP contribution >= 0.6 is 0 Å². The zero-order valence-electron chi connectivity index (χ0n) is 9.89. The van der Waals surface area contributed by atoms with E-state index in [9.17, 15) is 4.79 Å². The molecule has 6 heteroatoms. The van der Waals surface area contributed by atoms with Crippen molar-refractivity contribution in [2.75, 3.05) is 6.54 Å². The van der Waals surface area contributed by atoms with Crippen molar-refractivity contribution in [3.63, 3.8) is 0 Å². The largest absolute Gasteiger partial charge is 0.382 e. The Kier molecular flexibility index (Phi) is 3.66. The number of amides is 1. The number of nitrogens with zero attached hydrogens (tertiary/aromatic N) is 2. The molecule has 0 aromatic carbocycles. The lowest BCUT2D eigenvalue weighted by molar-refractivity contribution is -0.124. The standard InChI is InChI=1S/C12H15N5O/c13-11(14)10-2-1-8(5-16-10)6-17-12(18)9-3-4-15-7-9/h1-2,4-5,9H,3,6-7H2,(H3,13,14)(H,17,18). The molecule has 1 aromatic heterocycles. The number of carbonyl (C=O) groups excluding carboxylic acids is 1. The van der Waals surface area contributed by atoms with Crippen LogP contribution in [0.3, 0.4) is 0 Å². The molecule has 1 aliphatic heterocycles. The van der Waals surface area contributed by atoms with Crippen molar-refractivity contribution in [1.82, 2.24) is 10.3 Å². The highest BCUT2D eigenvalue weighted by atomic mass is 16.1. The van der Waals surface area contributed by atoms with E-state index < -0.39 is 0 Å². The summed E-state index contributed by atoms with van der Waals surface area (Å²) in [6.07, 6.45) is 4.11. The molecule has 1 unspecified atom stereocenters. The minimum Gasteiger partial charge on any atom is -0.382 e. The molecule has 1 aromatic rings. The molecule has 0 spiro atoms. The number of hydrogen-bond acceptors (Lipinski definition) is 4. The Balaban J connectivity index is 1.86. The third kappa shape index (κ3) is 2.91. The van der Waals surface area contributed by atoms with Crippen molar-refractivity contribution in [3.05, 3.63) is 29.6 Å². The van der Waals surface area contributed by atoms with Gasteiger partial charge in [-0.1, -0.05) is 6.07 Å². The van der Waals surface area contributed by atoms with E-state index in [0.717, 1.165) is 5.56 Å². The van der Waals surface area contributed by atoms with Crippen molar-refractivity contribution in [1.29, 1.82) is 5.41 Å². The summed E-state index contributed by atoms with van der Waals surface area (Å²) in [7, 11) is 0. The van der Waals surface area contributed by atoms with Crippen molar-refractivity contribution in [2.24, 2.45) is 16.6 Å². The second kappa shape index (κ2) is 5.39. The zero-order valence-corrected chi connectivity index (χ0v) is 9.89. The van der Waals surface area contributed by atoms with Crippen LogP contribution in [0, 0.1) is 11.3 Å². The Bertz CT molecular complexity index is 472. The number of aliphatic imine (C=N–C) groups is 1. The van der Waals surface area contributed by atoms with Gasteiger partial charge in [0, 0.05) is 12.7 Å². The zero-order chi connectivity index (χ0) is 13.0. The fourth-order valence-electron chi connectivity index (χ4n) is 1.69. The minimum atomic E-state index is -0.0614. The maximum absolute atomic E-state index is 11.7. The number of nitrogens with two attached hydrogens (primary N) is 1. The Hall–Kier alpha value is -2.24. The van der Waals surface area contributed by atoms with Gasteiger partial charge >= 0.3 is 0 Å². The molecule has 4 N–H and O–H groups in total. The number of aromatic nitrogens is 1. The van der Waals surface area contributed by atoms with Crippen molar-refractivity contribution in [2.45, 2.75) is 13.0 Å². The van der Waals surface area contributed by atoms with Crippen LogP contribution in [0.2, 0.25) is 0 Å². The van der Waals surface area contributed by atoms with Crippen molar-refractivity contribution >= 4 is 18.0 Å². The van der Waals surface area contributed by atoms with Gasteiger partial charge in [0.15, 0.2) is 0 Å². The normalized spacial score (nSPS) is 17.7. The van der Waals surface area contributed by atoms with Gasteiger partial charge in [0.05, 0.1) is 12.5 Å². The van der Waals surface area contributed by atoms with Crippen LogP contribution < -0.4 is 11.1 Å². The molecule has 94 valence electrons. The number of amidine groups is 1. The van der Waals surface area contributed by atoms with Gasteiger partial charge in [0.1, 0.15) is 11.5 Å². The Labute approximate surface area is 105 Å². The molecular formula is C12H15N5O. The van der Waals surface area contributed by atoms with E-state index in [0.29, 0.717) is 25.2 Å². The fraction of sp³-hybridized carbons (Fsp3) is 0.333. The van der Waals surface area contributed by atoms with E-state index in [-0.39, 0.29) is 17.7 Å². The van der Waals surface area contributed by atoms with E-state index in [1.54, 1.807) is 24.5 Å². The summed E-state index contributed by atoms with van der Waals surface area (Å²) in [4.78, 5) is 19.8. The molecule has 0 saturated heterocycles. The Morgan fingerprint density at radius 3 is 2.94 bits per heavy atom. The predicted molar refractivity (Wildman–Crippen MR) is 68.6 cm³/mol. The van der Waals surface area contributed by atoms with E-state index in [1.807, 2.05) is 0 Å². The highest BCUT2D eigenvalue weighted by molar-refractivity contribution is 5.92. The molecule has 1 aliphatic rings. The second-order valence-electron chi connectivity index (χ2n) is 4.16. The first kappa shape index (κ1) is 12.2. The molecule has 0 saturated carbocycles. The van der Waals surface area contributed by atoms with Crippen LogP contribution in [0.1, 0.15) is 17.7 Å². The van der Waals surface area contributed by atoms with Gasteiger partial charge in [-0.15, -0.1) is 0 Å². The number of carbonyl (C=O) groups is 1. The second-order valence-corrected chi connectivity index (χ2v) is 4.16. The first-order valence-electron chi connectivity index (χ1n) is 5.72. The molecule has 18 heavy (non-hydrogen) atoms. The van der Waals surface area contributed by atoms with Crippen LogP contribution in [0.15, 0.2) is 23.3 Å². The van der Waals surface area contributed by atoms with Gasteiger partial charge in [-0.25, -0.2) is 0 Å². The van der Waals surface area contributed by atoms with E-state index in [1.165, 1.54) is 0 Å². The molecule has 0 fully saturated rings. The maximum Gasteiger partial charge on any atom is 0.225 e. The molecule has 0 bridgehead atoms. The third-order valence-electron chi connectivity index (χ3n) is 2.78. The molecule has 2 rings (SSSR count). The third-order valence-corrected chi connectivity index (χ3v) is 2.78. The first-order chi connectivity index (χ1) is 8.66. The van der Waals surface area contributed by atoms with E-state index in [4.69, 9.17) is 11.1 Å². The summed E-state index contributed by atoms with van der Waals surface area (Å²) in [5.74, 6) is -0.0775. The van der Waals surface area contributed by atoms with Crippen LogP contribution in [-0.2, 0) is 11.3 Å². The molecule has 0 aliphatic carbocycles. The monoisotopic (exact) mass is 245 g/mol. The average Bonchev–Trinajstić information content (AvgIpc) is 2.90. The average molecular weight is 245 g/mol. The maximum atomic E-state index is 11.7. The van der Waals surface area contributed by atoms with Gasteiger partial charge in [-0.2, -0.15) is 0 Å². The minimum absolute atomic E-state index is 0.0168. The lowest BCUT2D eigenvalue weighted by Gasteiger charge is -2.09. The number of nitrogens with one attached hydrogen (secondary N) is 2. The van der Waals surface area contributed by atoms with Crippen LogP contribution in [0.4, 0.5) is 0 Å². The summed E-state index contributed by atoms with van der Waals surface area (Å²) < 4.78 is 0. The fourth-order valence-corrected chi connectivity index (χ4v) is 1.69. The smallest absolute Gasteiger partial charge is 0.225 e. The summed E-state index contributed by atoms with van der Waals surface area (Å²) in [5.41, 5.74) is 6.63. The highest BCUT2D eigenvalue weighted by Gasteiger charge is 2.19. The van der Waals surface area contributed by atoms with Gasteiger partial charge in [-0.05, 0) is 24.3 Å².